The van der Waals surface area contributed by atoms with E-state index in [1.807, 2.05) is 38.1 Å². The van der Waals surface area contributed by atoms with E-state index >= 15 is 0 Å². The third-order valence-electron chi connectivity index (χ3n) is 8.29. The van der Waals surface area contributed by atoms with Gasteiger partial charge in [0.05, 0.1) is 30.9 Å². The SMILES string of the molecule is CCOc1ncccc1-c1ccc(N2CCN(C(=O)c3ccc(C(F)(F)F)nc3N3CCOCC3)C[C@H]2CC)c(C(=O)NCCN)c1. The maximum atomic E-state index is 13.9. The summed E-state index contributed by atoms with van der Waals surface area (Å²) in [4.78, 5) is 41.2. The summed E-state index contributed by atoms with van der Waals surface area (Å²) in [7, 11) is 0. The lowest BCUT2D eigenvalue weighted by Gasteiger charge is -2.43. The first-order valence-corrected chi connectivity index (χ1v) is 15.8. The molecule has 252 valence electrons. The maximum Gasteiger partial charge on any atom is 0.433 e. The molecule has 1 atom stereocenters. The van der Waals surface area contributed by atoms with Gasteiger partial charge in [-0.1, -0.05) is 13.0 Å². The second-order valence-corrected chi connectivity index (χ2v) is 11.2. The average Bonchev–Trinajstić information content (AvgIpc) is 3.10. The van der Waals surface area contributed by atoms with Crippen LogP contribution in [0.3, 0.4) is 0 Å². The van der Waals surface area contributed by atoms with Gasteiger partial charge in [0.1, 0.15) is 11.5 Å². The molecule has 0 saturated carbocycles. The van der Waals surface area contributed by atoms with Gasteiger partial charge in [-0.3, -0.25) is 9.59 Å². The molecule has 2 aliphatic heterocycles. The molecule has 2 aromatic heterocycles. The molecule has 14 heteroatoms. The number of benzene rings is 1. The molecule has 0 aliphatic carbocycles. The van der Waals surface area contributed by atoms with Crippen molar-refractivity contribution in [1.29, 1.82) is 0 Å². The number of nitrogens with two attached hydrogens (primary N) is 1. The smallest absolute Gasteiger partial charge is 0.433 e. The zero-order valence-corrected chi connectivity index (χ0v) is 26.6. The van der Waals surface area contributed by atoms with E-state index in [2.05, 4.69) is 20.2 Å². The van der Waals surface area contributed by atoms with Gasteiger partial charge >= 0.3 is 6.18 Å². The number of morpholine rings is 1. The Morgan fingerprint density at radius 3 is 2.55 bits per heavy atom. The Hall–Kier alpha value is -4.43. The molecule has 1 aromatic carbocycles. The monoisotopic (exact) mass is 655 g/mol. The van der Waals surface area contributed by atoms with Gasteiger partial charge in [-0.05, 0) is 55.3 Å². The molecule has 2 saturated heterocycles. The number of aromatic nitrogens is 2. The zero-order valence-electron chi connectivity index (χ0n) is 26.6. The van der Waals surface area contributed by atoms with Crippen molar-refractivity contribution in [3.8, 4) is 17.0 Å². The Bertz CT molecular complexity index is 1570. The number of rotatable bonds is 10. The van der Waals surface area contributed by atoms with Crippen LogP contribution in [0.2, 0.25) is 0 Å². The molecule has 3 aromatic rings. The van der Waals surface area contributed by atoms with Crippen LogP contribution in [0.25, 0.3) is 11.1 Å². The number of ether oxygens (including phenoxy) is 2. The van der Waals surface area contributed by atoms with E-state index in [-0.39, 0.29) is 35.8 Å². The van der Waals surface area contributed by atoms with Crippen LogP contribution in [-0.2, 0) is 10.9 Å². The van der Waals surface area contributed by atoms with Crippen LogP contribution in [0.15, 0.2) is 48.7 Å². The van der Waals surface area contributed by atoms with Gasteiger partial charge < -0.3 is 35.2 Å². The number of nitrogens with one attached hydrogen (secondary N) is 1. The Kier molecular flexibility index (Phi) is 10.8. The van der Waals surface area contributed by atoms with Crippen molar-refractivity contribution < 1.29 is 32.2 Å². The van der Waals surface area contributed by atoms with Crippen LogP contribution < -0.4 is 25.6 Å². The predicted octanol–water partition coefficient (Wildman–Crippen LogP) is 3.83. The molecule has 3 N–H and O–H groups in total. The summed E-state index contributed by atoms with van der Waals surface area (Å²) in [6.07, 6.45) is -2.35. The minimum absolute atomic E-state index is 0.0138. The van der Waals surface area contributed by atoms with Gasteiger partial charge in [-0.2, -0.15) is 13.2 Å². The molecule has 11 nitrogen and oxygen atoms in total. The Morgan fingerprint density at radius 2 is 1.85 bits per heavy atom. The van der Waals surface area contributed by atoms with Crippen molar-refractivity contribution in [2.45, 2.75) is 32.5 Å². The first-order chi connectivity index (χ1) is 22.7. The number of carbonyl (C=O) groups is 2. The molecule has 0 radical (unpaired) electrons. The van der Waals surface area contributed by atoms with Gasteiger partial charge in [0.25, 0.3) is 11.8 Å². The van der Waals surface area contributed by atoms with E-state index in [4.69, 9.17) is 15.2 Å². The Labute approximate surface area is 271 Å². The predicted molar refractivity (Wildman–Crippen MR) is 172 cm³/mol. The number of nitrogens with zero attached hydrogens (tertiary/aromatic N) is 5. The van der Waals surface area contributed by atoms with E-state index in [9.17, 15) is 22.8 Å². The van der Waals surface area contributed by atoms with E-state index < -0.39 is 11.9 Å². The molecule has 0 unspecified atom stereocenters. The number of amides is 2. The fourth-order valence-electron chi connectivity index (χ4n) is 5.95. The summed E-state index contributed by atoms with van der Waals surface area (Å²) in [5.41, 5.74) is 7.41. The zero-order chi connectivity index (χ0) is 33.6. The number of hydrogen-bond acceptors (Lipinski definition) is 9. The number of carbonyl (C=O) groups excluding carboxylic acids is 2. The molecule has 2 fully saturated rings. The molecule has 5 rings (SSSR count). The van der Waals surface area contributed by atoms with Gasteiger partial charge in [0, 0.05) is 69.3 Å². The van der Waals surface area contributed by atoms with E-state index in [1.165, 1.54) is 6.07 Å². The second kappa shape index (κ2) is 15.0. The first-order valence-electron chi connectivity index (χ1n) is 15.8. The molecule has 4 heterocycles. The maximum absolute atomic E-state index is 13.9. The van der Waals surface area contributed by atoms with Gasteiger partial charge in [0.2, 0.25) is 5.88 Å². The average molecular weight is 656 g/mol. The van der Waals surface area contributed by atoms with Crippen LogP contribution in [-0.4, -0.2) is 98.4 Å². The van der Waals surface area contributed by atoms with E-state index in [0.717, 1.165) is 17.2 Å². The van der Waals surface area contributed by atoms with Crippen LogP contribution in [0.4, 0.5) is 24.7 Å². The third-order valence-corrected chi connectivity index (χ3v) is 8.29. The highest BCUT2D eigenvalue weighted by atomic mass is 19.4. The molecular weight excluding hydrogens is 615 g/mol. The summed E-state index contributed by atoms with van der Waals surface area (Å²) in [6, 6.07) is 11.2. The molecule has 0 bridgehead atoms. The van der Waals surface area contributed by atoms with Crippen molar-refractivity contribution in [3.63, 3.8) is 0 Å². The van der Waals surface area contributed by atoms with Gasteiger partial charge in [-0.25, -0.2) is 9.97 Å². The Morgan fingerprint density at radius 1 is 1.06 bits per heavy atom. The summed E-state index contributed by atoms with van der Waals surface area (Å²) in [6.45, 7) is 7.20. The molecule has 47 heavy (non-hydrogen) atoms. The third kappa shape index (κ3) is 7.60. The minimum Gasteiger partial charge on any atom is -0.478 e. The number of halogens is 3. The van der Waals surface area contributed by atoms with Gasteiger partial charge in [-0.15, -0.1) is 0 Å². The lowest BCUT2D eigenvalue weighted by atomic mass is 9.99. The second-order valence-electron chi connectivity index (χ2n) is 11.2. The summed E-state index contributed by atoms with van der Waals surface area (Å²) in [5.74, 6) is -0.195. The standard InChI is InChI=1S/C33H40F3N7O4/c1-3-23-21-42(32(45)25-8-10-28(33(34,35)36)40-29(25)41-16-18-46-19-17-41)14-15-43(23)27-9-7-22(20-26(27)30(44)38-13-11-37)24-6-5-12-39-31(24)47-4-2/h5-10,12,20,23H,3-4,11,13-19,21,37H2,1-2H3,(H,38,44)/t23-/m1/s1. The minimum atomic E-state index is -4.65. The number of anilines is 2. The molecule has 0 spiro atoms. The van der Waals surface area contributed by atoms with Crippen molar-refractivity contribution in [2.24, 2.45) is 5.73 Å². The summed E-state index contributed by atoms with van der Waals surface area (Å²) >= 11 is 0. The van der Waals surface area contributed by atoms with E-state index in [1.54, 1.807) is 22.1 Å². The highest BCUT2D eigenvalue weighted by Gasteiger charge is 2.37. The van der Waals surface area contributed by atoms with Crippen LogP contribution in [0.1, 0.15) is 46.7 Å². The number of hydrogen-bond donors (Lipinski definition) is 2. The molecule has 2 aliphatic rings. The largest absolute Gasteiger partial charge is 0.478 e. The van der Waals surface area contributed by atoms with Crippen molar-refractivity contribution in [2.75, 3.05) is 75.4 Å². The topological polar surface area (TPSA) is 126 Å². The first kappa shape index (κ1) is 33.9. The number of pyridine rings is 2. The van der Waals surface area contributed by atoms with Crippen LogP contribution >= 0.6 is 0 Å². The van der Waals surface area contributed by atoms with Crippen molar-refractivity contribution in [1.82, 2.24) is 20.2 Å². The van der Waals surface area contributed by atoms with Gasteiger partial charge in [0.15, 0.2) is 0 Å². The highest BCUT2D eigenvalue weighted by molar-refractivity contribution is 6.02. The quantitative estimate of drug-likeness (QED) is 0.335. The van der Waals surface area contributed by atoms with Crippen molar-refractivity contribution >= 4 is 23.3 Å². The highest BCUT2D eigenvalue weighted by Crippen LogP contribution is 2.35. The molecular formula is C33H40F3N7O4. The Balaban J connectivity index is 1.45. The fraction of sp³-hybridized carbons (Fsp3) is 0.455. The number of alkyl halides is 3. The summed E-state index contributed by atoms with van der Waals surface area (Å²) < 4.78 is 51.9. The van der Waals surface area contributed by atoms with Crippen LogP contribution in [0, 0.1) is 0 Å². The van der Waals surface area contributed by atoms with Crippen molar-refractivity contribution in [3.05, 3.63) is 65.5 Å². The van der Waals surface area contributed by atoms with Crippen LogP contribution in [0.5, 0.6) is 5.88 Å². The summed E-state index contributed by atoms with van der Waals surface area (Å²) in [5, 5.41) is 2.88. The normalized spacial score (nSPS) is 17.1. The fourth-order valence-corrected chi connectivity index (χ4v) is 5.95. The number of piperazine rings is 1. The van der Waals surface area contributed by atoms with E-state index in [0.29, 0.717) is 82.6 Å². The lowest BCUT2D eigenvalue weighted by molar-refractivity contribution is -0.141. The lowest BCUT2D eigenvalue weighted by Crippen LogP contribution is -2.55. The molecule has 2 amide bonds.